The van der Waals surface area contributed by atoms with Gasteiger partial charge in [-0.05, 0) is 49.2 Å². The molecule has 2 aliphatic rings. The molecule has 12 heteroatoms. The van der Waals surface area contributed by atoms with Crippen LogP contribution >= 0.6 is 0 Å². The highest BCUT2D eigenvalue weighted by atomic mass is 19.3. The van der Waals surface area contributed by atoms with Crippen molar-refractivity contribution in [3.05, 3.63) is 99.1 Å². The first kappa shape index (κ1) is 26.9. The number of rotatable bonds is 6. The van der Waals surface area contributed by atoms with Crippen LogP contribution in [-0.4, -0.2) is 41.3 Å². The smallest absolute Gasteiger partial charge is 0.345 e. The monoisotopic (exact) mass is 570 g/mol. The number of hydrogen-bond acceptors (Lipinski definition) is 5. The molecular weight excluding hydrogens is 547 g/mol. The average Bonchev–Trinajstić information content (AvgIpc) is 3.36. The Labute approximate surface area is 230 Å². The van der Waals surface area contributed by atoms with Crippen LogP contribution in [0, 0.1) is 17.5 Å². The molecule has 0 bridgehead atoms. The van der Waals surface area contributed by atoms with Crippen molar-refractivity contribution in [3.63, 3.8) is 0 Å². The summed E-state index contributed by atoms with van der Waals surface area (Å²) in [6.45, 7) is -0.810. The minimum atomic E-state index is -2.92. The van der Waals surface area contributed by atoms with E-state index in [2.05, 4.69) is 15.0 Å². The number of carbonyl (C=O) groups excluding carboxylic acids is 1. The number of ether oxygens (including phenoxy) is 1. The topological polar surface area (TPSA) is 76.5 Å². The van der Waals surface area contributed by atoms with Crippen LogP contribution in [0.2, 0.25) is 0 Å². The number of fused-ring (bicyclic) bond motifs is 2. The number of benzene rings is 2. The molecule has 2 aromatic heterocycles. The number of hydrogen-bond donors (Lipinski definition) is 1. The molecule has 1 saturated heterocycles. The van der Waals surface area contributed by atoms with Crippen LogP contribution in [0.4, 0.5) is 27.8 Å². The molecule has 7 nitrogen and oxygen atoms in total. The van der Waals surface area contributed by atoms with Crippen LogP contribution in [0.5, 0.6) is 0 Å². The first-order chi connectivity index (χ1) is 19.5. The molecule has 1 unspecified atom stereocenters. The SMILES string of the molecule is CC1(NC(=O)c2cn(-c3ccc(F)cc3F)c3nc(N4CC[C@@H](OC(F)F)C4)ccc3c2=O)Cc2cccc(F)c21. The van der Waals surface area contributed by atoms with Crippen molar-refractivity contribution in [2.24, 2.45) is 0 Å². The summed E-state index contributed by atoms with van der Waals surface area (Å²) in [6, 6.07) is 10.3. The minimum absolute atomic E-state index is 0.0287. The van der Waals surface area contributed by atoms with E-state index < -0.39 is 47.0 Å². The van der Waals surface area contributed by atoms with Crippen molar-refractivity contribution < 1.29 is 31.5 Å². The second kappa shape index (κ2) is 9.95. The number of anilines is 1. The summed E-state index contributed by atoms with van der Waals surface area (Å²) in [7, 11) is 0. The predicted molar refractivity (Wildman–Crippen MR) is 140 cm³/mol. The molecule has 1 fully saturated rings. The molecule has 2 atom stereocenters. The molecule has 1 aliphatic carbocycles. The van der Waals surface area contributed by atoms with Gasteiger partial charge in [0.15, 0.2) is 5.65 Å². The van der Waals surface area contributed by atoms with Crippen molar-refractivity contribution in [2.45, 2.75) is 38.0 Å². The Morgan fingerprint density at radius 1 is 1.12 bits per heavy atom. The molecule has 2 aromatic carbocycles. The van der Waals surface area contributed by atoms with Crippen molar-refractivity contribution in [3.8, 4) is 5.69 Å². The molecule has 1 N–H and O–H groups in total. The zero-order valence-corrected chi connectivity index (χ0v) is 21.6. The molecule has 0 saturated carbocycles. The fraction of sp³-hybridized carbons (Fsp3) is 0.276. The number of alkyl halides is 2. The average molecular weight is 571 g/mol. The number of carbonyl (C=O) groups is 1. The molecule has 0 radical (unpaired) electrons. The Morgan fingerprint density at radius 3 is 2.66 bits per heavy atom. The van der Waals surface area contributed by atoms with E-state index in [4.69, 9.17) is 0 Å². The van der Waals surface area contributed by atoms with E-state index in [1.54, 1.807) is 24.0 Å². The van der Waals surface area contributed by atoms with Crippen LogP contribution in [0.15, 0.2) is 59.5 Å². The number of nitrogens with one attached hydrogen (secondary N) is 1. The van der Waals surface area contributed by atoms with Gasteiger partial charge >= 0.3 is 6.61 Å². The van der Waals surface area contributed by atoms with Gasteiger partial charge in [-0.2, -0.15) is 8.78 Å². The summed E-state index contributed by atoms with van der Waals surface area (Å²) in [5.74, 6) is -2.77. The van der Waals surface area contributed by atoms with E-state index in [1.807, 2.05) is 0 Å². The predicted octanol–water partition coefficient (Wildman–Crippen LogP) is 4.82. The van der Waals surface area contributed by atoms with Gasteiger partial charge in [0.2, 0.25) is 5.43 Å². The van der Waals surface area contributed by atoms with Crippen LogP contribution in [0.1, 0.15) is 34.8 Å². The highest BCUT2D eigenvalue weighted by molar-refractivity contribution is 5.98. The van der Waals surface area contributed by atoms with Crippen molar-refractivity contribution in [2.75, 3.05) is 18.0 Å². The van der Waals surface area contributed by atoms with Crippen LogP contribution in [0.25, 0.3) is 16.7 Å². The molecule has 212 valence electrons. The Balaban J connectivity index is 1.43. The lowest BCUT2D eigenvalue weighted by Gasteiger charge is -2.42. The zero-order chi connectivity index (χ0) is 29.1. The minimum Gasteiger partial charge on any atom is -0.354 e. The van der Waals surface area contributed by atoms with E-state index in [0.29, 0.717) is 36.8 Å². The van der Waals surface area contributed by atoms with Crippen molar-refractivity contribution in [1.82, 2.24) is 14.9 Å². The highest BCUT2D eigenvalue weighted by Crippen LogP contribution is 2.40. The third kappa shape index (κ3) is 4.71. The fourth-order valence-electron chi connectivity index (χ4n) is 5.71. The van der Waals surface area contributed by atoms with Gasteiger partial charge in [-0.15, -0.1) is 0 Å². The Kier molecular flexibility index (Phi) is 6.52. The number of nitrogens with zero attached hydrogens (tertiary/aromatic N) is 3. The lowest BCUT2D eigenvalue weighted by molar-refractivity contribution is -0.156. The van der Waals surface area contributed by atoms with Gasteiger partial charge in [0.05, 0.1) is 22.7 Å². The highest BCUT2D eigenvalue weighted by Gasteiger charge is 2.42. The summed E-state index contributed by atoms with van der Waals surface area (Å²) < 4.78 is 74.5. The second-order valence-electron chi connectivity index (χ2n) is 10.4. The van der Waals surface area contributed by atoms with Crippen LogP contribution in [0.3, 0.4) is 0 Å². The Hall–Kier alpha value is -4.32. The molecule has 1 amide bonds. The normalized spacial score (nSPS) is 19.9. The third-order valence-electron chi connectivity index (χ3n) is 7.60. The molecule has 3 heterocycles. The first-order valence-electron chi connectivity index (χ1n) is 12.8. The van der Waals surface area contributed by atoms with E-state index in [9.17, 15) is 27.2 Å². The van der Waals surface area contributed by atoms with Gasteiger partial charge in [-0.25, -0.2) is 18.2 Å². The quantitative estimate of drug-likeness (QED) is 0.337. The Morgan fingerprint density at radius 2 is 1.93 bits per heavy atom. The van der Waals surface area contributed by atoms with Gasteiger partial charge in [0.1, 0.15) is 28.8 Å². The Bertz CT molecular complexity index is 1750. The maximum atomic E-state index is 15.0. The lowest BCUT2D eigenvalue weighted by Crippen LogP contribution is -2.52. The fourth-order valence-corrected chi connectivity index (χ4v) is 5.71. The number of aromatic nitrogens is 2. The van der Waals surface area contributed by atoms with Gasteiger partial charge in [0.25, 0.3) is 5.91 Å². The van der Waals surface area contributed by atoms with Crippen molar-refractivity contribution in [1.29, 1.82) is 0 Å². The number of amides is 1. The zero-order valence-electron chi connectivity index (χ0n) is 21.6. The summed E-state index contributed by atoms with van der Waals surface area (Å²) >= 11 is 0. The third-order valence-corrected chi connectivity index (χ3v) is 7.60. The number of halogens is 5. The van der Waals surface area contributed by atoms with Gasteiger partial charge in [-0.3, -0.25) is 14.2 Å². The standard InChI is InChI=1S/C29H23F5N4O3/c1-29(12-15-3-2-4-20(31)24(15)29)36-27(40)19-14-38(22-7-5-16(30)11-21(22)32)26-18(25(19)39)6-8-23(35-26)37-10-9-17(13-37)41-28(33)34/h2-8,11,14,17,28H,9-10,12-13H2,1H3,(H,36,40)/t17-,29?/m1/s1. The van der Waals surface area contributed by atoms with E-state index in [1.165, 1.54) is 22.8 Å². The summed E-state index contributed by atoms with van der Waals surface area (Å²) in [6.07, 6.45) is 1.06. The van der Waals surface area contributed by atoms with Crippen LogP contribution < -0.4 is 15.6 Å². The first-order valence-corrected chi connectivity index (χ1v) is 12.8. The van der Waals surface area contributed by atoms with E-state index >= 15 is 4.39 Å². The van der Waals surface area contributed by atoms with Crippen molar-refractivity contribution >= 4 is 22.8 Å². The van der Waals surface area contributed by atoms with Gasteiger partial charge in [-0.1, -0.05) is 12.1 Å². The van der Waals surface area contributed by atoms with Crippen LogP contribution in [-0.2, 0) is 16.7 Å². The molecule has 0 spiro atoms. The molecular formula is C29H23F5N4O3. The molecule has 1 aliphatic heterocycles. The molecule has 4 aromatic rings. The maximum Gasteiger partial charge on any atom is 0.345 e. The summed E-state index contributed by atoms with van der Waals surface area (Å²) in [4.78, 5) is 33.2. The van der Waals surface area contributed by atoms with E-state index in [-0.39, 0.29) is 28.8 Å². The molecule has 41 heavy (non-hydrogen) atoms. The largest absolute Gasteiger partial charge is 0.354 e. The summed E-state index contributed by atoms with van der Waals surface area (Å²) in [5.41, 5.74) is -1.27. The van der Waals surface area contributed by atoms with Gasteiger partial charge < -0.3 is 15.0 Å². The lowest BCUT2D eigenvalue weighted by atomic mass is 9.71. The second-order valence-corrected chi connectivity index (χ2v) is 10.4. The summed E-state index contributed by atoms with van der Waals surface area (Å²) in [5, 5.41) is 2.71. The molecule has 6 rings (SSSR count). The van der Waals surface area contributed by atoms with E-state index in [0.717, 1.165) is 23.9 Å². The van der Waals surface area contributed by atoms with Gasteiger partial charge in [0, 0.05) is 37.3 Å². The maximum absolute atomic E-state index is 15.0. The number of pyridine rings is 2.